The van der Waals surface area contributed by atoms with E-state index in [0.717, 1.165) is 6.20 Å². The molecule has 2 N–H and O–H groups in total. The molecule has 12 nitrogen and oxygen atoms in total. The van der Waals surface area contributed by atoms with Gasteiger partial charge in [0.05, 0.1) is 40.0 Å². The van der Waals surface area contributed by atoms with Crippen molar-refractivity contribution in [1.82, 2.24) is 30.0 Å². The van der Waals surface area contributed by atoms with E-state index in [-0.39, 0.29) is 56.9 Å². The summed E-state index contributed by atoms with van der Waals surface area (Å²) >= 11 is 0. The molecule has 1 aliphatic rings. The molecule has 0 aliphatic carbocycles. The number of halogens is 1. The normalized spacial score (nSPS) is 16.8. The summed E-state index contributed by atoms with van der Waals surface area (Å²) in [6.07, 6.45) is 3.86. The number of ketones is 1. The first-order chi connectivity index (χ1) is 22.9. The molecule has 1 saturated heterocycles. The lowest BCUT2D eigenvalue weighted by atomic mass is 10.0. The third-order valence-corrected chi connectivity index (χ3v) is 10.0. The summed E-state index contributed by atoms with van der Waals surface area (Å²) < 4.78 is 43.8. The Balaban J connectivity index is 1.41. The Morgan fingerprint density at radius 2 is 1.73 bits per heavy atom. The highest BCUT2D eigenvalue weighted by atomic mass is 32.2. The Morgan fingerprint density at radius 3 is 2.42 bits per heavy atom. The SMILES string of the molecule is CC1CN(c2ccc(Nc3ncc4cc(C(=O)C(C)C)c(=O)n(Cc5cnncc5S(=O)(=O)c5ccccc5)c4n3)cc2F)CC(C)N1. The van der Waals surface area contributed by atoms with E-state index >= 15 is 4.39 Å². The third kappa shape index (κ3) is 6.53. The molecule has 48 heavy (non-hydrogen) atoms. The maximum absolute atomic E-state index is 15.4. The third-order valence-electron chi connectivity index (χ3n) is 8.16. The zero-order valence-electron chi connectivity index (χ0n) is 26.9. The van der Waals surface area contributed by atoms with E-state index in [2.05, 4.69) is 44.6 Å². The minimum Gasteiger partial charge on any atom is -0.366 e. The number of nitrogens with one attached hydrogen (secondary N) is 2. The topological polar surface area (TPSA) is 152 Å². The van der Waals surface area contributed by atoms with Crippen molar-refractivity contribution in [3.8, 4) is 0 Å². The summed E-state index contributed by atoms with van der Waals surface area (Å²) in [4.78, 5) is 37.9. The summed E-state index contributed by atoms with van der Waals surface area (Å²) in [7, 11) is -4.04. The fourth-order valence-corrected chi connectivity index (χ4v) is 7.36. The van der Waals surface area contributed by atoms with Gasteiger partial charge in [-0.3, -0.25) is 14.2 Å². The van der Waals surface area contributed by atoms with Crippen molar-refractivity contribution in [3.63, 3.8) is 0 Å². The van der Waals surface area contributed by atoms with E-state index in [4.69, 9.17) is 0 Å². The quantitative estimate of drug-likeness (QED) is 0.215. The van der Waals surface area contributed by atoms with Crippen molar-refractivity contribution >= 4 is 44.0 Å². The summed E-state index contributed by atoms with van der Waals surface area (Å²) in [5.74, 6) is -1.20. The highest BCUT2D eigenvalue weighted by molar-refractivity contribution is 7.91. The molecule has 14 heteroatoms. The number of carbonyl (C=O) groups is 1. The molecule has 0 bridgehead atoms. The highest BCUT2D eigenvalue weighted by Gasteiger charge is 2.26. The van der Waals surface area contributed by atoms with E-state index < -0.39 is 27.1 Å². The van der Waals surface area contributed by atoms with Gasteiger partial charge in [-0.25, -0.2) is 17.8 Å². The number of rotatable bonds is 9. The average Bonchev–Trinajstić information content (AvgIpc) is 3.06. The first-order valence-corrected chi connectivity index (χ1v) is 17.0. The Bertz CT molecular complexity index is 2170. The molecule has 0 spiro atoms. The molecule has 4 heterocycles. The molecule has 248 valence electrons. The van der Waals surface area contributed by atoms with E-state index in [1.807, 2.05) is 4.90 Å². The Morgan fingerprint density at radius 1 is 1.02 bits per heavy atom. The van der Waals surface area contributed by atoms with Gasteiger partial charge in [-0.05, 0) is 50.2 Å². The van der Waals surface area contributed by atoms with Crippen LogP contribution in [0.4, 0.5) is 21.7 Å². The zero-order chi connectivity index (χ0) is 34.2. The molecule has 0 radical (unpaired) electrons. The first kappa shape index (κ1) is 32.8. The van der Waals surface area contributed by atoms with Crippen LogP contribution in [0.25, 0.3) is 11.0 Å². The summed E-state index contributed by atoms with van der Waals surface area (Å²) in [6.45, 7) is 8.54. The highest BCUT2D eigenvalue weighted by Crippen LogP contribution is 2.28. The van der Waals surface area contributed by atoms with Gasteiger partial charge >= 0.3 is 0 Å². The molecular weight excluding hydrogens is 635 g/mol. The van der Waals surface area contributed by atoms with Crippen molar-refractivity contribution in [2.75, 3.05) is 23.3 Å². The second kappa shape index (κ2) is 13.2. The van der Waals surface area contributed by atoms with Crippen LogP contribution in [0, 0.1) is 11.7 Å². The van der Waals surface area contributed by atoms with E-state index in [1.165, 1.54) is 41.2 Å². The number of nitrogens with zero attached hydrogens (tertiary/aromatic N) is 6. The van der Waals surface area contributed by atoms with Crippen LogP contribution in [0.15, 0.2) is 87.8 Å². The van der Waals surface area contributed by atoms with Crippen LogP contribution in [0.5, 0.6) is 0 Å². The van der Waals surface area contributed by atoms with Crippen LogP contribution in [-0.2, 0) is 16.4 Å². The van der Waals surface area contributed by atoms with Gasteiger partial charge in [0.15, 0.2) is 5.78 Å². The molecule has 3 aromatic heterocycles. The molecule has 2 atom stereocenters. The average molecular weight is 671 g/mol. The van der Waals surface area contributed by atoms with Crippen LogP contribution in [0.2, 0.25) is 0 Å². The Labute approximate surface area is 277 Å². The number of pyridine rings is 1. The number of carbonyl (C=O) groups excluding carboxylic acids is 1. The minimum atomic E-state index is -4.04. The number of anilines is 3. The lowest BCUT2D eigenvalue weighted by Gasteiger charge is -2.37. The minimum absolute atomic E-state index is 0.0493. The van der Waals surface area contributed by atoms with Crippen LogP contribution in [0.3, 0.4) is 0 Å². The van der Waals surface area contributed by atoms with Gasteiger partial charge in [-0.15, -0.1) is 0 Å². The molecule has 2 unspecified atom stereocenters. The van der Waals surface area contributed by atoms with Gasteiger partial charge in [0.1, 0.15) is 11.5 Å². The zero-order valence-corrected chi connectivity index (χ0v) is 27.7. The molecule has 0 amide bonds. The Kier molecular flexibility index (Phi) is 9.03. The standard InChI is InChI=1S/C34H35FN8O4S/c1-20(2)31(44)27-12-23-14-36-34(40-25-10-11-29(28(35)13-25)42-17-21(3)39-22(4)18-42)41-32(23)43(33(27)45)19-24-15-37-38-16-30(24)48(46,47)26-8-6-5-7-9-26/h5-16,20-22,39H,17-19H2,1-4H3,(H,36,40,41). The van der Waals surface area contributed by atoms with Gasteiger partial charge in [0, 0.05) is 53.9 Å². The number of hydrogen-bond donors (Lipinski definition) is 2. The van der Waals surface area contributed by atoms with Crippen LogP contribution >= 0.6 is 0 Å². The van der Waals surface area contributed by atoms with Gasteiger partial charge < -0.3 is 15.5 Å². The number of piperazine rings is 1. The molecule has 0 saturated carbocycles. The number of hydrogen-bond acceptors (Lipinski definition) is 11. The number of benzene rings is 2. The maximum atomic E-state index is 15.4. The number of fused-ring (bicyclic) bond motifs is 1. The Hall–Kier alpha value is -5.08. The molecule has 6 rings (SSSR count). The summed E-state index contributed by atoms with van der Waals surface area (Å²) in [6, 6.07) is 14.5. The van der Waals surface area contributed by atoms with Crippen molar-refractivity contribution in [3.05, 3.63) is 100 Å². The van der Waals surface area contributed by atoms with E-state index in [0.29, 0.717) is 29.9 Å². The number of Topliss-reactive ketones (excluding diaryl/α,β-unsaturated/α-hetero) is 1. The van der Waals surface area contributed by atoms with Crippen molar-refractivity contribution in [2.45, 2.75) is 56.1 Å². The van der Waals surface area contributed by atoms with Crippen molar-refractivity contribution < 1.29 is 17.6 Å². The first-order valence-electron chi connectivity index (χ1n) is 15.5. The van der Waals surface area contributed by atoms with Crippen molar-refractivity contribution in [1.29, 1.82) is 0 Å². The van der Waals surface area contributed by atoms with Crippen LogP contribution in [-0.4, -0.2) is 64.1 Å². The number of aromatic nitrogens is 5. The largest absolute Gasteiger partial charge is 0.366 e. The smallest absolute Gasteiger partial charge is 0.263 e. The lowest BCUT2D eigenvalue weighted by molar-refractivity contribution is 0.0937. The monoisotopic (exact) mass is 670 g/mol. The van der Waals surface area contributed by atoms with Gasteiger partial charge in [0.2, 0.25) is 15.8 Å². The molecule has 5 aromatic rings. The lowest BCUT2D eigenvalue weighted by Crippen LogP contribution is -2.54. The van der Waals surface area contributed by atoms with Gasteiger partial charge in [-0.1, -0.05) is 32.0 Å². The maximum Gasteiger partial charge on any atom is 0.263 e. The fourth-order valence-electron chi connectivity index (χ4n) is 5.94. The van der Waals surface area contributed by atoms with Gasteiger partial charge in [0.25, 0.3) is 5.56 Å². The molecule has 1 aliphatic heterocycles. The van der Waals surface area contributed by atoms with E-state index in [9.17, 15) is 18.0 Å². The molecular formula is C34H35FN8O4S. The predicted molar refractivity (Wildman–Crippen MR) is 180 cm³/mol. The molecule has 2 aromatic carbocycles. The second-order valence-corrected chi connectivity index (χ2v) is 14.2. The van der Waals surface area contributed by atoms with Crippen LogP contribution in [0.1, 0.15) is 43.6 Å². The van der Waals surface area contributed by atoms with Gasteiger partial charge in [-0.2, -0.15) is 15.2 Å². The summed E-state index contributed by atoms with van der Waals surface area (Å²) in [5, 5.41) is 14.5. The van der Waals surface area contributed by atoms with E-state index in [1.54, 1.807) is 44.2 Å². The summed E-state index contributed by atoms with van der Waals surface area (Å²) in [5.41, 5.74) is 0.462. The predicted octanol–water partition coefficient (Wildman–Crippen LogP) is 4.37. The fraction of sp³-hybridized carbons (Fsp3) is 0.294. The second-order valence-electron chi connectivity index (χ2n) is 12.3. The molecule has 1 fully saturated rings. The number of sulfone groups is 1. The van der Waals surface area contributed by atoms with Crippen molar-refractivity contribution in [2.24, 2.45) is 5.92 Å². The van der Waals surface area contributed by atoms with Crippen LogP contribution < -0.4 is 21.1 Å².